The first-order valence-electron chi connectivity index (χ1n) is 10.5. The van der Waals surface area contributed by atoms with Gasteiger partial charge in [0.2, 0.25) is 5.88 Å². The lowest BCUT2D eigenvalue weighted by Gasteiger charge is -2.41. The van der Waals surface area contributed by atoms with Crippen LogP contribution >= 0.6 is 0 Å². The number of likely N-dealkylation sites (tertiary alicyclic amines) is 1. The first-order valence-corrected chi connectivity index (χ1v) is 10.5. The van der Waals surface area contributed by atoms with Crippen molar-refractivity contribution in [1.29, 1.82) is 0 Å². The molecule has 1 N–H and O–H groups in total. The Morgan fingerprint density at radius 1 is 1.43 bits per heavy atom. The zero-order valence-electron chi connectivity index (χ0n) is 17.2. The molecule has 1 unspecified atom stereocenters. The second-order valence-electron chi connectivity index (χ2n) is 7.95. The summed E-state index contributed by atoms with van der Waals surface area (Å²) in [5.74, 6) is 0.918. The molecule has 3 atom stereocenters. The molecule has 2 aliphatic heterocycles. The van der Waals surface area contributed by atoms with Crippen molar-refractivity contribution in [2.45, 2.75) is 51.6 Å². The van der Waals surface area contributed by atoms with E-state index in [4.69, 9.17) is 4.74 Å². The molecule has 1 amide bonds. The molecular weight excluding hydrogens is 392 g/mol. The molecule has 1 fully saturated rings. The third kappa shape index (κ3) is 3.97. The van der Waals surface area contributed by atoms with Crippen LogP contribution < -0.4 is 10.1 Å². The molecule has 0 aliphatic carbocycles. The van der Waals surface area contributed by atoms with Gasteiger partial charge in [-0.25, -0.2) is 18.4 Å². The van der Waals surface area contributed by atoms with Crippen molar-refractivity contribution in [3.63, 3.8) is 0 Å². The standard InChI is InChI=1S/C21H27F2N5O2/c1-3-30-20-15(7-4-8-24-20)21(29)27-9-5-6-14(12-27)16-11-17(19(22)23)28-18(25-16)10-13(2)26-28/h4,7-8,10,14,16-17,19,25H,3,5-6,9,11-12H2,1-2H3/t14?,16-,17+/m0/s1. The number of halogens is 2. The lowest BCUT2D eigenvalue weighted by molar-refractivity contribution is 0.0503. The maximum Gasteiger partial charge on any atom is 0.260 e. The molecule has 162 valence electrons. The highest BCUT2D eigenvalue weighted by Gasteiger charge is 2.39. The van der Waals surface area contributed by atoms with E-state index in [2.05, 4.69) is 15.4 Å². The van der Waals surface area contributed by atoms with E-state index in [1.807, 2.05) is 6.92 Å². The van der Waals surface area contributed by atoms with Crippen LogP contribution in [0.15, 0.2) is 24.4 Å². The summed E-state index contributed by atoms with van der Waals surface area (Å²) in [4.78, 5) is 19.1. The topological polar surface area (TPSA) is 72.3 Å². The molecule has 4 rings (SSSR count). The number of aromatic nitrogens is 3. The summed E-state index contributed by atoms with van der Waals surface area (Å²) in [7, 11) is 0. The number of ether oxygens (including phenoxy) is 1. The maximum absolute atomic E-state index is 13.7. The molecule has 2 aromatic heterocycles. The monoisotopic (exact) mass is 419 g/mol. The van der Waals surface area contributed by atoms with Crippen LogP contribution in [0.25, 0.3) is 0 Å². The number of anilines is 1. The van der Waals surface area contributed by atoms with Gasteiger partial charge in [-0.2, -0.15) is 5.10 Å². The van der Waals surface area contributed by atoms with Gasteiger partial charge in [0.15, 0.2) is 0 Å². The van der Waals surface area contributed by atoms with E-state index in [9.17, 15) is 13.6 Å². The average Bonchev–Trinajstić information content (AvgIpc) is 3.13. The summed E-state index contributed by atoms with van der Waals surface area (Å²) in [6, 6.07) is 4.16. The Morgan fingerprint density at radius 2 is 2.27 bits per heavy atom. The fourth-order valence-corrected chi connectivity index (χ4v) is 4.50. The van der Waals surface area contributed by atoms with Gasteiger partial charge in [-0.05, 0) is 51.2 Å². The van der Waals surface area contributed by atoms with Crippen LogP contribution in [-0.2, 0) is 0 Å². The Kier molecular flexibility index (Phi) is 5.87. The largest absolute Gasteiger partial charge is 0.477 e. The van der Waals surface area contributed by atoms with Gasteiger partial charge in [0, 0.05) is 31.4 Å². The van der Waals surface area contributed by atoms with Gasteiger partial charge in [0.1, 0.15) is 17.4 Å². The number of hydrogen-bond donors (Lipinski definition) is 1. The van der Waals surface area contributed by atoms with E-state index >= 15 is 0 Å². The van der Waals surface area contributed by atoms with Crippen molar-refractivity contribution < 1.29 is 18.3 Å². The summed E-state index contributed by atoms with van der Waals surface area (Å²) in [6.45, 7) is 5.22. The number of hydrogen-bond acceptors (Lipinski definition) is 5. The molecule has 1 saturated heterocycles. The van der Waals surface area contributed by atoms with Crippen LogP contribution in [0.1, 0.15) is 48.3 Å². The number of aryl methyl sites for hydroxylation is 1. The summed E-state index contributed by atoms with van der Waals surface area (Å²) in [5, 5.41) is 7.63. The first-order chi connectivity index (χ1) is 14.5. The van der Waals surface area contributed by atoms with Gasteiger partial charge in [-0.15, -0.1) is 0 Å². The molecule has 30 heavy (non-hydrogen) atoms. The molecule has 2 aromatic rings. The van der Waals surface area contributed by atoms with Gasteiger partial charge < -0.3 is 15.0 Å². The minimum atomic E-state index is -2.49. The van der Waals surface area contributed by atoms with Crippen LogP contribution in [0.3, 0.4) is 0 Å². The normalized spacial score (nSPS) is 23.8. The Bertz CT molecular complexity index is 903. The molecule has 7 nitrogen and oxygen atoms in total. The van der Waals surface area contributed by atoms with Crippen molar-refractivity contribution in [3.05, 3.63) is 35.7 Å². The summed E-state index contributed by atoms with van der Waals surface area (Å²) in [5.41, 5.74) is 1.15. The number of pyridine rings is 1. The zero-order chi connectivity index (χ0) is 21.3. The molecule has 4 heterocycles. The second kappa shape index (κ2) is 8.57. The van der Waals surface area contributed by atoms with E-state index in [0.717, 1.165) is 12.8 Å². The van der Waals surface area contributed by atoms with Crippen molar-refractivity contribution in [3.8, 4) is 5.88 Å². The first kappa shape index (κ1) is 20.6. The highest BCUT2D eigenvalue weighted by Crippen LogP contribution is 2.36. The highest BCUT2D eigenvalue weighted by molar-refractivity contribution is 5.96. The summed E-state index contributed by atoms with van der Waals surface area (Å²) < 4.78 is 34.4. The summed E-state index contributed by atoms with van der Waals surface area (Å²) >= 11 is 0. The number of fused-ring (bicyclic) bond motifs is 1. The number of alkyl halides is 2. The Morgan fingerprint density at radius 3 is 3.03 bits per heavy atom. The molecule has 2 aliphatic rings. The second-order valence-corrected chi connectivity index (χ2v) is 7.95. The lowest BCUT2D eigenvalue weighted by Crippen LogP contribution is -2.48. The quantitative estimate of drug-likeness (QED) is 0.803. The minimum Gasteiger partial charge on any atom is -0.477 e. The molecule has 9 heteroatoms. The summed E-state index contributed by atoms with van der Waals surface area (Å²) in [6.07, 6.45) is 1.11. The molecule has 0 aromatic carbocycles. The van der Waals surface area contributed by atoms with E-state index in [1.165, 1.54) is 4.68 Å². The number of nitrogens with zero attached hydrogens (tertiary/aromatic N) is 4. The molecular formula is C21H27F2N5O2. The maximum atomic E-state index is 13.7. The van der Waals surface area contributed by atoms with Gasteiger partial charge in [0.25, 0.3) is 12.3 Å². The third-order valence-corrected chi connectivity index (χ3v) is 5.89. The Labute approximate surface area is 174 Å². The fraction of sp³-hybridized carbons (Fsp3) is 0.571. The van der Waals surface area contributed by atoms with Gasteiger partial charge in [0.05, 0.1) is 12.3 Å². The van der Waals surface area contributed by atoms with E-state index in [0.29, 0.717) is 42.7 Å². The third-order valence-electron chi connectivity index (χ3n) is 5.89. The van der Waals surface area contributed by atoms with Crippen LogP contribution in [0.2, 0.25) is 0 Å². The van der Waals surface area contributed by atoms with Crippen LogP contribution in [0, 0.1) is 12.8 Å². The number of amides is 1. The zero-order valence-corrected chi connectivity index (χ0v) is 17.2. The fourth-order valence-electron chi connectivity index (χ4n) is 4.50. The number of nitrogens with one attached hydrogen (secondary N) is 1. The van der Waals surface area contributed by atoms with Crippen molar-refractivity contribution >= 4 is 11.7 Å². The predicted octanol–water partition coefficient (Wildman–Crippen LogP) is 3.53. The molecule has 0 bridgehead atoms. The molecule has 0 radical (unpaired) electrons. The SMILES string of the molecule is CCOc1ncccc1C(=O)N1CCCC([C@@H]2C[C@H](C(F)F)n3nc(C)cc3N2)C1. The van der Waals surface area contributed by atoms with Gasteiger partial charge >= 0.3 is 0 Å². The van der Waals surface area contributed by atoms with Gasteiger partial charge in [-0.1, -0.05) is 0 Å². The Hall–Kier alpha value is -2.71. The number of carbonyl (C=O) groups excluding carboxylic acids is 1. The van der Waals surface area contributed by atoms with Crippen molar-refractivity contribution in [2.75, 3.05) is 25.0 Å². The van der Waals surface area contributed by atoms with E-state index < -0.39 is 12.5 Å². The van der Waals surface area contributed by atoms with Crippen molar-refractivity contribution in [1.82, 2.24) is 19.7 Å². The average molecular weight is 419 g/mol. The highest BCUT2D eigenvalue weighted by atomic mass is 19.3. The van der Waals surface area contributed by atoms with Crippen LogP contribution in [-0.4, -0.2) is 57.7 Å². The number of rotatable bonds is 5. The van der Waals surface area contributed by atoms with E-state index in [1.54, 1.807) is 36.2 Å². The van der Waals surface area contributed by atoms with Gasteiger partial charge in [-0.3, -0.25) is 4.79 Å². The predicted molar refractivity (Wildman–Crippen MR) is 108 cm³/mol. The number of carbonyl (C=O) groups is 1. The minimum absolute atomic E-state index is 0.0834. The van der Waals surface area contributed by atoms with Crippen molar-refractivity contribution in [2.24, 2.45) is 5.92 Å². The van der Waals surface area contributed by atoms with E-state index in [-0.39, 0.29) is 24.3 Å². The lowest BCUT2D eigenvalue weighted by atomic mass is 9.85. The van der Waals surface area contributed by atoms with Crippen LogP contribution in [0.5, 0.6) is 5.88 Å². The van der Waals surface area contributed by atoms with Crippen LogP contribution in [0.4, 0.5) is 14.6 Å². The smallest absolute Gasteiger partial charge is 0.260 e. The number of piperidine rings is 1. The molecule has 0 spiro atoms. The Balaban J connectivity index is 1.51. The molecule has 0 saturated carbocycles.